The molecule has 1 fully saturated rings. The Hall–Kier alpha value is -4.26. The standard InChI is InChI=1S/C30H29NO6/c1-2-3-15-35-23-12-9-21(10-13-23)27-26(28(32)22-11-14-24-25(18-22)37-17-16-36-24)29(33)30(34)31(27)19-20-7-5-4-6-8-20/h4-14,18,27,32H,2-3,15-17,19H2,1H3/t27-/m1/s1. The average molecular weight is 500 g/mol. The first-order valence-electron chi connectivity index (χ1n) is 12.5. The Morgan fingerprint density at radius 3 is 2.43 bits per heavy atom. The summed E-state index contributed by atoms with van der Waals surface area (Å²) in [6, 6.07) is 21.1. The number of hydrogen-bond donors (Lipinski definition) is 1. The van der Waals surface area contributed by atoms with Crippen LogP contribution >= 0.6 is 0 Å². The van der Waals surface area contributed by atoms with E-state index in [1.165, 1.54) is 4.90 Å². The molecule has 3 aromatic rings. The zero-order valence-electron chi connectivity index (χ0n) is 20.7. The molecule has 0 radical (unpaired) electrons. The Balaban J connectivity index is 1.56. The zero-order chi connectivity index (χ0) is 25.8. The van der Waals surface area contributed by atoms with Crippen LogP contribution in [0.3, 0.4) is 0 Å². The van der Waals surface area contributed by atoms with Gasteiger partial charge in [-0.15, -0.1) is 0 Å². The fourth-order valence-corrected chi connectivity index (χ4v) is 4.60. The minimum absolute atomic E-state index is 0.0391. The van der Waals surface area contributed by atoms with Crippen LogP contribution in [0.2, 0.25) is 0 Å². The first kappa shape index (κ1) is 24.4. The van der Waals surface area contributed by atoms with Gasteiger partial charge in [0.1, 0.15) is 24.7 Å². The van der Waals surface area contributed by atoms with Gasteiger partial charge in [-0.1, -0.05) is 55.8 Å². The first-order valence-corrected chi connectivity index (χ1v) is 12.5. The number of aliphatic hydroxyl groups is 1. The van der Waals surface area contributed by atoms with Gasteiger partial charge in [-0.05, 0) is 47.9 Å². The van der Waals surface area contributed by atoms with Crippen molar-refractivity contribution in [2.45, 2.75) is 32.4 Å². The Bertz CT molecular complexity index is 1320. The van der Waals surface area contributed by atoms with E-state index in [1.807, 2.05) is 54.6 Å². The molecule has 7 nitrogen and oxygen atoms in total. The van der Waals surface area contributed by atoms with Gasteiger partial charge in [-0.3, -0.25) is 9.59 Å². The molecule has 3 aromatic carbocycles. The van der Waals surface area contributed by atoms with Crippen LogP contribution in [0.25, 0.3) is 5.76 Å². The van der Waals surface area contributed by atoms with Crippen LogP contribution in [0.5, 0.6) is 17.2 Å². The maximum absolute atomic E-state index is 13.3. The maximum Gasteiger partial charge on any atom is 0.295 e. The normalized spacial score (nSPS) is 18.2. The van der Waals surface area contributed by atoms with E-state index in [-0.39, 0.29) is 17.9 Å². The molecule has 1 N–H and O–H groups in total. The Morgan fingerprint density at radius 1 is 0.973 bits per heavy atom. The van der Waals surface area contributed by atoms with Crippen LogP contribution < -0.4 is 14.2 Å². The lowest BCUT2D eigenvalue weighted by atomic mass is 9.95. The molecular weight excluding hydrogens is 470 g/mol. The van der Waals surface area contributed by atoms with Crippen LogP contribution in [0, 0.1) is 0 Å². The van der Waals surface area contributed by atoms with E-state index in [9.17, 15) is 14.7 Å². The number of benzene rings is 3. The molecule has 0 unspecified atom stereocenters. The highest BCUT2D eigenvalue weighted by molar-refractivity contribution is 6.46. The number of nitrogens with zero attached hydrogens (tertiary/aromatic N) is 1. The van der Waals surface area contributed by atoms with Gasteiger partial charge in [-0.2, -0.15) is 0 Å². The fraction of sp³-hybridized carbons (Fsp3) is 0.267. The highest BCUT2D eigenvalue weighted by Gasteiger charge is 2.46. The van der Waals surface area contributed by atoms with Crippen molar-refractivity contribution in [3.8, 4) is 17.2 Å². The lowest BCUT2D eigenvalue weighted by molar-refractivity contribution is -0.140. The summed E-state index contributed by atoms with van der Waals surface area (Å²) in [6.07, 6.45) is 1.99. The minimum Gasteiger partial charge on any atom is -0.507 e. The third-order valence-electron chi connectivity index (χ3n) is 6.51. The number of aliphatic hydroxyl groups excluding tert-OH is 1. The van der Waals surface area contributed by atoms with Crippen molar-refractivity contribution in [3.63, 3.8) is 0 Å². The smallest absolute Gasteiger partial charge is 0.295 e. The van der Waals surface area contributed by atoms with Gasteiger partial charge in [0.2, 0.25) is 0 Å². The summed E-state index contributed by atoms with van der Waals surface area (Å²) in [7, 11) is 0. The van der Waals surface area contributed by atoms with Crippen molar-refractivity contribution in [1.82, 2.24) is 4.90 Å². The van der Waals surface area contributed by atoms with E-state index in [1.54, 1.807) is 18.2 Å². The van der Waals surface area contributed by atoms with E-state index >= 15 is 0 Å². The number of carbonyl (C=O) groups is 2. The van der Waals surface area contributed by atoms with Crippen molar-refractivity contribution in [3.05, 3.63) is 95.1 Å². The molecule has 1 amide bonds. The summed E-state index contributed by atoms with van der Waals surface area (Å²) >= 11 is 0. The largest absolute Gasteiger partial charge is 0.507 e. The molecule has 190 valence electrons. The van der Waals surface area contributed by atoms with Gasteiger partial charge < -0.3 is 24.2 Å². The minimum atomic E-state index is -0.766. The number of carbonyl (C=O) groups excluding carboxylic acids is 2. The molecule has 5 rings (SSSR count). The maximum atomic E-state index is 13.3. The molecule has 0 saturated carbocycles. The molecule has 1 saturated heterocycles. The summed E-state index contributed by atoms with van der Waals surface area (Å²) in [4.78, 5) is 28.1. The molecule has 0 aromatic heterocycles. The first-order chi connectivity index (χ1) is 18.1. The van der Waals surface area contributed by atoms with E-state index in [0.29, 0.717) is 48.2 Å². The van der Waals surface area contributed by atoms with Gasteiger partial charge in [0.25, 0.3) is 11.7 Å². The van der Waals surface area contributed by atoms with E-state index in [2.05, 4.69) is 6.92 Å². The Morgan fingerprint density at radius 2 is 1.70 bits per heavy atom. The van der Waals surface area contributed by atoms with Gasteiger partial charge in [-0.25, -0.2) is 0 Å². The predicted molar refractivity (Wildman–Crippen MR) is 139 cm³/mol. The molecule has 2 aliphatic rings. The highest BCUT2D eigenvalue weighted by atomic mass is 16.6. The van der Waals surface area contributed by atoms with Gasteiger partial charge >= 0.3 is 0 Å². The number of ether oxygens (including phenoxy) is 3. The molecule has 37 heavy (non-hydrogen) atoms. The number of ketones is 1. The second-order valence-corrected chi connectivity index (χ2v) is 9.04. The van der Waals surface area contributed by atoms with Crippen LogP contribution in [-0.4, -0.2) is 41.5 Å². The fourth-order valence-electron chi connectivity index (χ4n) is 4.60. The summed E-state index contributed by atoms with van der Waals surface area (Å²) in [6.45, 7) is 3.78. The third-order valence-corrected chi connectivity index (χ3v) is 6.51. The summed E-state index contributed by atoms with van der Waals surface area (Å²) in [5.74, 6) is 0.137. The van der Waals surface area contributed by atoms with Crippen LogP contribution in [0.15, 0.2) is 78.4 Å². The molecule has 1 atom stereocenters. The monoisotopic (exact) mass is 499 g/mol. The predicted octanol–water partition coefficient (Wildman–Crippen LogP) is 5.26. The second-order valence-electron chi connectivity index (χ2n) is 9.04. The van der Waals surface area contributed by atoms with Crippen molar-refractivity contribution in [2.75, 3.05) is 19.8 Å². The quantitative estimate of drug-likeness (QED) is 0.197. The van der Waals surface area contributed by atoms with Crippen LogP contribution in [0.4, 0.5) is 0 Å². The number of likely N-dealkylation sites (tertiary alicyclic amines) is 1. The third kappa shape index (κ3) is 5.03. The lowest BCUT2D eigenvalue weighted by Crippen LogP contribution is -2.29. The molecule has 0 bridgehead atoms. The molecule has 2 aliphatic heterocycles. The van der Waals surface area contributed by atoms with Crippen molar-refractivity contribution >= 4 is 17.4 Å². The van der Waals surface area contributed by atoms with Crippen LogP contribution in [-0.2, 0) is 16.1 Å². The average Bonchev–Trinajstić information content (AvgIpc) is 3.18. The molecule has 0 spiro atoms. The number of hydrogen-bond acceptors (Lipinski definition) is 6. The number of rotatable bonds is 8. The number of amides is 1. The Labute approximate surface area is 215 Å². The molecule has 7 heteroatoms. The molecule has 2 heterocycles. The molecular formula is C30H29NO6. The van der Waals surface area contributed by atoms with Gasteiger partial charge in [0, 0.05) is 12.1 Å². The number of unbranched alkanes of at least 4 members (excludes halogenated alkanes) is 1. The molecule has 0 aliphatic carbocycles. The lowest BCUT2D eigenvalue weighted by Gasteiger charge is -2.26. The Kier molecular flexibility index (Phi) is 7.12. The van der Waals surface area contributed by atoms with E-state index < -0.39 is 17.7 Å². The number of Topliss-reactive ketones (excluding diaryl/α,β-unsaturated/α-hetero) is 1. The topological polar surface area (TPSA) is 85.3 Å². The SMILES string of the molecule is CCCCOc1ccc([C@@H]2C(=C(O)c3ccc4c(c3)OCCO4)C(=O)C(=O)N2Cc2ccccc2)cc1. The van der Waals surface area contributed by atoms with Gasteiger partial charge in [0.05, 0.1) is 18.2 Å². The summed E-state index contributed by atoms with van der Waals surface area (Å²) in [5.41, 5.74) is 2.01. The van der Waals surface area contributed by atoms with Crippen LogP contribution in [0.1, 0.15) is 42.5 Å². The van der Waals surface area contributed by atoms with E-state index in [4.69, 9.17) is 14.2 Å². The van der Waals surface area contributed by atoms with E-state index in [0.717, 1.165) is 18.4 Å². The summed E-state index contributed by atoms with van der Waals surface area (Å²) < 4.78 is 17.0. The van der Waals surface area contributed by atoms with Crippen molar-refractivity contribution in [1.29, 1.82) is 0 Å². The van der Waals surface area contributed by atoms with Gasteiger partial charge in [0.15, 0.2) is 11.5 Å². The van der Waals surface area contributed by atoms with Crippen molar-refractivity contribution < 1.29 is 28.9 Å². The van der Waals surface area contributed by atoms with Crippen molar-refractivity contribution in [2.24, 2.45) is 0 Å². The number of fused-ring (bicyclic) bond motifs is 1. The highest BCUT2D eigenvalue weighted by Crippen LogP contribution is 2.42. The summed E-state index contributed by atoms with van der Waals surface area (Å²) in [5, 5.41) is 11.4. The second kappa shape index (κ2) is 10.8. The zero-order valence-corrected chi connectivity index (χ0v) is 20.7.